The second-order valence-corrected chi connectivity index (χ2v) is 5.58. The second kappa shape index (κ2) is 8.80. The number of halogens is 2. The molecule has 0 aliphatic carbocycles. The zero-order valence-corrected chi connectivity index (χ0v) is 14.3. The molecular weight excluding hydrogens is 344 g/mol. The molecule has 0 aromatic heterocycles. The Morgan fingerprint density at radius 3 is 2.38 bits per heavy atom. The largest absolute Gasteiger partial charge is 0.435 e. The maximum absolute atomic E-state index is 12.1. The standard InChI is InChI=1S/C18H19F2N3O3/c1-23(2)17(25)12-4-3-5-14(10-12)22-16(24)11-21-13-6-8-15(9-7-13)26-18(19)20/h3-10,18,21H,11H2,1-2H3,(H,22,24). The summed E-state index contributed by atoms with van der Waals surface area (Å²) >= 11 is 0. The van der Waals surface area contributed by atoms with Gasteiger partial charge in [-0.15, -0.1) is 0 Å². The summed E-state index contributed by atoms with van der Waals surface area (Å²) in [5, 5.41) is 5.56. The molecule has 0 aliphatic heterocycles. The third kappa shape index (κ3) is 5.73. The molecule has 0 fully saturated rings. The van der Waals surface area contributed by atoms with Gasteiger partial charge in [-0.25, -0.2) is 0 Å². The van der Waals surface area contributed by atoms with Crippen molar-refractivity contribution in [1.82, 2.24) is 4.90 Å². The maximum Gasteiger partial charge on any atom is 0.387 e. The predicted octanol–water partition coefficient (Wildman–Crippen LogP) is 3.04. The van der Waals surface area contributed by atoms with Gasteiger partial charge in [-0.1, -0.05) is 6.07 Å². The van der Waals surface area contributed by atoms with Gasteiger partial charge in [0, 0.05) is 31.0 Å². The van der Waals surface area contributed by atoms with E-state index >= 15 is 0 Å². The second-order valence-electron chi connectivity index (χ2n) is 5.58. The van der Waals surface area contributed by atoms with Crippen LogP contribution in [0, 0.1) is 0 Å². The van der Waals surface area contributed by atoms with Crippen molar-refractivity contribution in [2.24, 2.45) is 0 Å². The number of benzene rings is 2. The van der Waals surface area contributed by atoms with E-state index in [1.807, 2.05) is 0 Å². The molecule has 8 heteroatoms. The summed E-state index contributed by atoms with van der Waals surface area (Å²) in [6.45, 7) is -2.91. The number of carbonyl (C=O) groups excluding carboxylic acids is 2. The number of amides is 2. The molecule has 2 N–H and O–H groups in total. The van der Waals surface area contributed by atoms with Gasteiger partial charge in [0.1, 0.15) is 5.75 Å². The highest BCUT2D eigenvalue weighted by atomic mass is 19.3. The number of ether oxygens (including phenoxy) is 1. The van der Waals surface area contributed by atoms with Crippen molar-refractivity contribution in [3.05, 3.63) is 54.1 Å². The minimum absolute atomic E-state index is 0.0269. The minimum Gasteiger partial charge on any atom is -0.435 e. The molecule has 2 rings (SSSR count). The number of hydrogen-bond acceptors (Lipinski definition) is 4. The Bertz CT molecular complexity index is 765. The third-order valence-electron chi connectivity index (χ3n) is 3.33. The zero-order valence-electron chi connectivity index (χ0n) is 14.3. The number of anilines is 2. The molecule has 2 aromatic rings. The summed E-state index contributed by atoms with van der Waals surface area (Å²) < 4.78 is 28.4. The van der Waals surface area contributed by atoms with E-state index in [1.54, 1.807) is 38.4 Å². The first-order chi connectivity index (χ1) is 12.3. The van der Waals surface area contributed by atoms with Gasteiger partial charge < -0.3 is 20.3 Å². The van der Waals surface area contributed by atoms with E-state index in [4.69, 9.17) is 0 Å². The molecule has 0 unspecified atom stereocenters. The highest BCUT2D eigenvalue weighted by molar-refractivity contribution is 5.97. The van der Waals surface area contributed by atoms with Crippen LogP contribution in [-0.4, -0.2) is 44.0 Å². The number of carbonyl (C=O) groups is 2. The normalized spacial score (nSPS) is 10.3. The van der Waals surface area contributed by atoms with Crippen LogP contribution in [0.4, 0.5) is 20.2 Å². The van der Waals surface area contributed by atoms with Crippen LogP contribution in [0.2, 0.25) is 0 Å². The van der Waals surface area contributed by atoms with Crippen LogP contribution in [-0.2, 0) is 4.79 Å². The summed E-state index contributed by atoms with van der Waals surface area (Å²) in [6, 6.07) is 12.4. The average Bonchev–Trinajstić information content (AvgIpc) is 2.60. The molecule has 0 bridgehead atoms. The van der Waals surface area contributed by atoms with E-state index in [0.717, 1.165) is 0 Å². The average molecular weight is 363 g/mol. The molecular formula is C18H19F2N3O3. The van der Waals surface area contributed by atoms with Gasteiger partial charge in [0.2, 0.25) is 5.91 Å². The number of rotatable bonds is 7. The van der Waals surface area contributed by atoms with E-state index in [9.17, 15) is 18.4 Å². The van der Waals surface area contributed by atoms with Gasteiger partial charge in [-0.05, 0) is 42.5 Å². The molecule has 138 valence electrons. The van der Waals surface area contributed by atoms with Crippen molar-refractivity contribution < 1.29 is 23.1 Å². The molecule has 0 radical (unpaired) electrons. The monoisotopic (exact) mass is 363 g/mol. The molecule has 0 heterocycles. The van der Waals surface area contributed by atoms with Crippen LogP contribution in [0.25, 0.3) is 0 Å². The van der Waals surface area contributed by atoms with Crippen molar-refractivity contribution in [1.29, 1.82) is 0 Å². The Labute approximate surface area is 149 Å². The van der Waals surface area contributed by atoms with E-state index in [-0.39, 0.29) is 24.1 Å². The van der Waals surface area contributed by atoms with E-state index in [1.165, 1.54) is 29.2 Å². The first-order valence-corrected chi connectivity index (χ1v) is 7.75. The number of nitrogens with one attached hydrogen (secondary N) is 2. The van der Waals surface area contributed by atoms with Crippen molar-refractivity contribution in [2.45, 2.75) is 6.61 Å². The van der Waals surface area contributed by atoms with Crippen LogP contribution >= 0.6 is 0 Å². The molecule has 6 nitrogen and oxygen atoms in total. The molecule has 0 aliphatic rings. The van der Waals surface area contributed by atoms with Crippen LogP contribution < -0.4 is 15.4 Å². The molecule has 0 atom stereocenters. The smallest absolute Gasteiger partial charge is 0.387 e. The maximum atomic E-state index is 12.1. The van der Waals surface area contributed by atoms with Crippen molar-refractivity contribution in [3.8, 4) is 5.75 Å². The fraction of sp³-hybridized carbons (Fsp3) is 0.222. The van der Waals surface area contributed by atoms with E-state index < -0.39 is 6.61 Å². The number of nitrogens with zero attached hydrogens (tertiary/aromatic N) is 1. The van der Waals surface area contributed by atoms with Gasteiger partial charge in [-0.3, -0.25) is 9.59 Å². The van der Waals surface area contributed by atoms with Gasteiger partial charge in [0.05, 0.1) is 6.54 Å². The fourth-order valence-electron chi connectivity index (χ4n) is 2.13. The molecule has 26 heavy (non-hydrogen) atoms. The van der Waals surface area contributed by atoms with E-state index in [2.05, 4.69) is 15.4 Å². The van der Waals surface area contributed by atoms with E-state index in [0.29, 0.717) is 16.9 Å². The van der Waals surface area contributed by atoms with Crippen molar-refractivity contribution in [3.63, 3.8) is 0 Å². The van der Waals surface area contributed by atoms with Gasteiger partial charge in [0.25, 0.3) is 5.91 Å². The third-order valence-corrected chi connectivity index (χ3v) is 3.33. The molecule has 2 amide bonds. The Morgan fingerprint density at radius 2 is 1.77 bits per heavy atom. The molecule has 0 saturated heterocycles. The Hall–Kier alpha value is -3.16. The highest BCUT2D eigenvalue weighted by Gasteiger charge is 2.10. The predicted molar refractivity (Wildman–Crippen MR) is 94.7 cm³/mol. The van der Waals surface area contributed by atoms with Crippen LogP contribution in [0.1, 0.15) is 10.4 Å². The van der Waals surface area contributed by atoms with Crippen molar-refractivity contribution in [2.75, 3.05) is 31.3 Å². The molecule has 0 saturated carbocycles. The van der Waals surface area contributed by atoms with Gasteiger partial charge in [-0.2, -0.15) is 8.78 Å². The van der Waals surface area contributed by atoms with Crippen molar-refractivity contribution >= 4 is 23.2 Å². The summed E-state index contributed by atoms with van der Waals surface area (Å²) in [5.41, 5.74) is 1.55. The lowest BCUT2D eigenvalue weighted by molar-refractivity contribution is -0.114. The van der Waals surface area contributed by atoms with Gasteiger partial charge >= 0.3 is 6.61 Å². The lowest BCUT2D eigenvalue weighted by atomic mass is 10.2. The SMILES string of the molecule is CN(C)C(=O)c1cccc(NC(=O)CNc2ccc(OC(F)F)cc2)c1. The van der Waals surface area contributed by atoms with Gasteiger partial charge in [0.15, 0.2) is 0 Å². The summed E-state index contributed by atoms with van der Waals surface area (Å²) in [7, 11) is 3.30. The number of hydrogen-bond donors (Lipinski definition) is 2. The van der Waals surface area contributed by atoms with Crippen LogP contribution in [0.15, 0.2) is 48.5 Å². The summed E-state index contributed by atoms with van der Waals surface area (Å²) in [6.07, 6.45) is 0. The van der Waals surface area contributed by atoms with Crippen LogP contribution in [0.5, 0.6) is 5.75 Å². The molecule has 2 aromatic carbocycles. The fourth-order valence-corrected chi connectivity index (χ4v) is 2.13. The lowest BCUT2D eigenvalue weighted by Gasteiger charge is -2.12. The first-order valence-electron chi connectivity index (χ1n) is 7.75. The Balaban J connectivity index is 1.89. The summed E-state index contributed by atoms with van der Waals surface area (Å²) in [5.74, 6) is -0.435. The first kappa shape index (κ1) is 19.2. The minimum atomic E-state index is -2.88. The Morgan fingerprint density at radius 1 is 1.08 bits per heavy atom. The topological polar surface area (TPSA) is 70.7 Å². The van der Waals surface area contributed by atoms with Crippen LogP contribution in [0.3, 0.4) is 0 Å². The highest BCUT2D eigenvalue weighted by Crippen LogP contribution is 2.17. The quantitative estimate of drug-likeness (QED) is 0.793. The summed E-state index contributed by atoms with van der Waals surface area (Å²) in [4.78, 5) is 25.4. The zero-order chi connectivity index (χ0) is 19.1. The lowest BCUT2D eigenvalue weighted by Crippen LogP contribution is -2.23. The Kier molecular flexibility index (Phi) is 6.48. The molecule has 0 spiro atoms. The number of alkyl halides is 2.